The van der Waals surface area contributed by atoms with Crippen LogP contribution in [0.25, 0.3) is 0 Å². The quantitative estimate of drug-likeness (QED) is 0.806. The maximum atomic E-state index is 12.7. The highest BCUT2D eigenvalue weighted by atomic mass is 32.2. The van der Waals surface area contributed by atoms with Crippen molar-refractivity contribution in [2.75, 3.05) is 17.2 Å². The molecule has 1 aliphatic heterocycles. The van der Waals surface area contributed by atoms with Crippen molar-refractivity contribution >= 4 is 23.4 Å². The molecule has 0 spiro atoms. The number of fused-ring (bicyclic) bond motifs is 1. The number of thioether (sulfide) groups is 1. The van der Waals surface area contributed by atoms with Gasteiger partial charge in [-0.15, -0.1) is 11.8 Å². The number of hydrogen-bond donors (Lipinski definition) is 0. The molecule has 104 valence electrons. The minimum atomic E-state index is -0.0990. The summed E-state index contributed by atoms with van der Waals surface area (Å²) in [6.07, 6.45) is 0.969. The first kappa shape index (κ1) is 13.2. The van der Waals surface area contributed by atoms with Crippen LogP contribution in [0.4, 0.5) is 5.69 Å². The summed E-state index contributed by atoms with van der Waals surface area (Å²) in [6, 6.07) is 8.02. The molecule has 0 N–H and O–H groups in total. The molecule has 1 aromatic carbocycles. The van der Waals surface area contributed by atoms with Gasteiger partial charge in [0.05, 0.1) is 11.4 Å². The van der Waals surface area contributed by atoms with E-state index < -0.39 is 0 Å². The van der Waals surface area contributed by atoms with E-state index in [1.54, 1.807) is 18.7 Å². The van der Waals surface area contributed by atoms with Crippen LogP contribution < -0.4 is 4.90 Å². The van der Waals surface area contributed by atoms with Crippen LogP contribution in [0, 0.1) is 13.8 Å². The Labute approximate surface area is 122 Å². The second-order valence-electron chi connectivity index (χ2n) is 4.77. The van der Waals surface area contributed by atoms with Gasteiger partial charge in [0, 0.05) is 18.4 Å². The summed E-state index contributed by atoms with van der Waals surface area (Å²) in [5.41, 5.74) is 1.62. The number of rotatable bonds is 1. The third kappa shape index (κ3) is 2.33. The van der Waals surface area contributed by atoms with Crippen molar-refractivity contribution in [1.82, 2.24) is 4.98 Å². The SMILES string of the molecule is Cc1nc(C)c(C(=O)N2CCCSc3ccccc32)o1. The van der Waals surface area contributed by atoms with Crippen LogP contribution >= 0.6 is 11.8 Å². The summed E-state index contributed by atoms with van der Waals surface area (Å²) in [5, 5.41) is 0. The number of aryl methyl sites for hydroxylation is 2. The van der Waals surface area contributed by atoms with Crippen molar-refractivity contribution in [3.8, 4) is 0 Å². The van der Waals surface area contributed by atoms with Gasteiger partial charge >= 0.3 is 0 Å². The molecule has 0 aliphatic carbocycles. The van der Waals surface area contributed by atoms with E-state index in [9.17, 15) is 4.79 Å². The average molecular weight is 288 g/mol. The lowest BCUT2D eigenvalue weighted by molar-refractivity contribution is 0.0958. The van der Waals surface area contributed by atoms with Crippen molar-refractivity contribution in [1.29, 1.82) is 0 Å². The zero-order chi connectivity index (χ0) is 14.1. The van der Waals surface area contributed by atoms with Gasteiger partial charge in [-0.25, -0.2) is 4.98 Å². The summed E-state index contributed by atoms with van der Waals surface area (Å²) in [5.74, 6) is 1.81. The van der Waals surface area contributed by atoms with Crippen LogP contribution in [-0.4, -0.2) is 23.2 Å². The molecule has 2 heterocycles. The van der Waals surface area contributed by atoms with E-state index in [1.807, 2.05) is 30.0 Å². The average Bonchev–Trinajstić information content (AvgIpc) is 2.66. The molecule has 5 heteroatoms. The fraction of sp³-hybridized carbons (Fsp3) is 0.333. The van der Waals surface area contributed by atoms with Crippen LogP contribution in [0.2, 0.25) is 0 Å². The van der Waals surface area contributed by atoms with Gasteiger partial charge in [-0.2, -0.15) is 0 Å². The molecule has 0 atom stereocenters. The zero-order valence-electron chi connectivity index (χ0n) is 11.5. The molecule has 0 saturated carbocycles. The van der Waals surface area contributed by atoms with E-state index >= 15 is 0 Å². The molecular weight excluding hydrogens is 272 g/mol. The third-order valence-corrected chi connectivity index (χ3v) is 4.43. The van der Waals surface area contributed by atoms with Crippen LogP contribution in [-0.2, 0) is 0 Å². The van der Waals surface area contributed by atoms with Gasteiger partial charge in [-0.1, -0.05) is 12.1 Å². The van der Waals surface area contributed by atoms with Gasteiger partial charge in [0.25, 0.3) is 5.91 Å². The highest BCUT2D eigenvalue weighted by Crippen LogP contribution is 2.34. The third-order valence-electron chi connectivity index (χ3n) is 3.28. The van der Waals surface area contributed by atoms with Gasteiger partial charge in [0.2, 0.25) is 5.76 Å². The smallest absolute Gasteiger partial charge is 0.296 e. The minimum absolute atomic E-state index is 0.0990. The Bertz CT molecular complexity index is 651. The van der Waals surface area contributed by atoms with E-state index in [4.69, 9.17) is 4.42 Å². The number of carbonyl (C=O) groups is 1. The van der Waals surface area contributed by atoms with E-state index in [-0.39, 0.29) is 5.91 Å². The summed E-state index contributed by atoms with van der Waals surface area (Å²) in [4.78, 5) is 19.9. The Balaban J connectivity index is 2.01. The summed E-state index contributed by atoms with van der Waals surface area (Å²) in [7, 11) is 0. The molecule has 1 aromatic heterocycles. The first-order valence-corrected chi connectivity index (χ1v) is 7.63. The van der Waals surface area contributed by atoms with E-state index in [0.717, 1.165) is 22.8 Å². The zero-order valence-corrected chi connectivity index (χ0v) is 12.4. The van der Waals surface area contributed by atoms with Gasteiger partial charge in [0.1, 0.15) is 0 Å². The topological polar surface area (TPSA) is 46.3 Å². The Hall–Kier alpha value is -1.75. The van der Waals surface area contributed by atoms with Crippen molar-refractivity contribution in [2.45, 2.75) is 25.2 Å². The Morgan fingerprint density at radius 2 is 2.15 bits per heavy atom. The monoisotopic (exact) mass is 288 g/mol. The highest BCUT2D eigenvalue weighted by molar-refractivity contribution is 7.99. The molecule has 0 saturated heterocycles. The number of amides is 1. The molecule has 0 bridgehead atoms. The van der Waals surface area contributed by atoms with E-state index in [0.29, 0.717) is 23.9 Å². The van der Waals surface area contributed by atoms with Gasteiger partial charge in [0.15, 0.2) is 5.89 Å². The highest BCUT2D eigenvalue weighted by Gasteiger charge is 2.26. The van der Waals surface area contributed by atoms with Crippen molar-refractivity contribution in [2.24, 2.45) is 0 Å². The van der Waals surface area contributed by atoms with Gasteiger partial charge in [-0.3, -0.25) is 4.79 Å². The molecule has 2 aromatic rings. The minimum Gasteiger partial charge on any atom is -0.436 e. The van der Waals surface area contributed by atoms with Crippen LogP contribution in [0.1, 0.15) is 28.6 Å². The number of benzene rings is 1. The number of aromatic nitrogens is 1. The normalized spacial score (nSPS) is 14.8. The Morgan fingerprint density at radius 3 is 2.90 bits per heavy atom. The Morgan fingerprint density at radius 1 is 1.35 bits per heavy atom. The number of nitrogens with zero attached hydrogens (tertiary/aromatic N) is 2. The van der Waals surface area contributed by atoms with Gasteiger partial charge in [-0.05, 0) is 31.2 Å². The molecule has 0 radical (unpaired) electrons. The van der Waals surface area contributed by atoms with Gasteiger partial charge < -0.3 is 9.32 Å². The van der Waals surface area contributed by atoms with Crippen LogP contribution in [0.5, 0.6) is 0 Å². The molecule has 1 aliphatic rings. The van der Waals surface area contributed by atoms with Crippen LogP contribution in [0.3, 0.4) is 0 Å². The molecule has 4 nitrogen and oxygen atoms in total. The summed E-state index contributed by atoms with van der Waals surface area (Å²) < 4.78 is 5.48. The second kappa shape index (κ2) is 5.32. The van der Waals surface area contributed by atoms with Crippen molar-refractivity contribution < 1.29 is 9.21 Å². The van der Waals surface area contributed by atoms with E-state index in [1.165, 1.54) is 0 Å². The molecular formula is C15H16N2O2S. The first-order valence-electron chi connectivity index (χ1n) is 6.64. The van der Waals surface area contributed by atoms with Crippen molar-refractivity contribution in [3.05, 3.63) is 41.6 Å². The van der Waals surface area contributed by atoms with Crippen LogP contribution in [0.15, 0.2) is 33.6 Å². The lowest BCUT2D eigenvalue weighted by Crippen LogP contribution is -2.32. The lowest BCUT2D eigenvalue weighted by Gasteiger charge is -2.21. The number of carbonyl (C=O) groups excluding carboxylic acids is 1. The van der Waals surface area contributed by atoms with E-state index in [2.05, 4.69) is 11.1 Å². The second-order valence-corrected chi connectivity index (χ2v) is 5.91. The molecule has 20 heavy (non-hydrogen) atoms. The Kier molecular flexibility index (Phi) is 3.53. The standard InChI is InChI=1S/C15H16N2O2S/c1-10-14(19-11(2)16-10)15(18)17-8-5-9-20-13-7-4-3-6-12(13)17/h3-4,6-7H,5,8-9H2,1-2H3. The number of para-hydroxylation sites is 1. The fourth-order valence-corrected chi connectivity index (χ4v) is 3.38. The maximum absolute atomic E-state index is 12.7. The number of oxazole rings is 1. The fourth-order valence-electron chi connectivity index (χ4n) is 2.39. The predicted octanol–water partition coefficient (Wildman–Crippen LogP) is 3.43. The molecule has 0 fully saturated rings. The van der Waals surface area contributed by atoms with Crippen molar-refractivity contribution in [3.63, 3.8) is 0 Å². The number of anilines is 1. The number of hydrogen-bond acceptors (Lipinski definition) is 4. The first-order chi connectivity index (χ1) is 9.66. The lowest BCUT2D eigenvalue weighted by atomic mass is 10.2. The maximum Gasteiger partial charge on any atom is 0.296 e. The predicted molar refractivity (Wildman–Crippen MR) is 79.4 cm³/mol. The molecule has 3 rings (SSSR count). The molecule has 0 unspecified atom stereocenters. The molecule has 1 amide bonds. The summed E-state index contributed by atoms with van der Waals surface area (Å²) in [6.45, 7) is 4.28. The largest absolute Gasteiger partial charge is 0.436 e. The summed E-state index contributed by atoms with van der Waals surface area (Å²) >= 11 is 1.80.